The molecule has 9 nitrogen and oxygen atoms in total. The Bertz CT molecular complexity index is 1000. The minimum absolute atomic E-state index is 0.305. The number of anilines is 1. The highest BCUT2D eigenvalue weighted by Crippen LogP contribution is 2.31. The average molecular weight is 441 g/mol. The fourth-order valence-electron chi connectivity index (χ4n) is 4.21. The Balaban J connectivity index is 1.46. The van der Waals surface area contributed by atoms with Gasteiger partial charge in [0.25, 0.3) is 11.8 Å². The van der Waals surface area contributed by atoms with Crippen LogP contribution in [0.5, 0.6) is 0 Å². The fourth-order valence-corrected chi connectivity index (χ4v) is 4.21. The lowest BCUT2D eigenvalue weighted by Gasteiger charge is -2.36. The summed E-state index contributed by atoms with van der Waals surface area (Å²) in [5, 5.41) is 2.63. The summed E-state index contributed by atoms with van der Waals surface area (Å²) in [6, 6.07) is 4.33. The van der Waals surface area contributed by atoms with Crippen molar-refractivity contribution in [3.05, 3.63) is 41.6 Å². The van der Waals surface area contributed by atoms with Crippen molar-refractivity contribution in [2.24, 2.45) is 0 Å². The lowest BCUT2D eigenvalue weighted by Crippen LogP contribution is -2.51. The Morgan fingerprint density at radius 2 is 1.72 bits per heavy atom. The Morgan fingerprint density at radius 3 is 2.34 bits per heavy atom. The monoisotopic (exact) mass is 440 g/mol. The maximum Gasteiger partial charge on any atom is 0.410 e. The Hall–Kier alpha value is -3.36. The van der Waals surface area contributed by atoms with Gasteiger partial charge in [-0.1, -0.05) is 6.58 Å². The molecule has 1 aromatic rings. The van der Waals surface area contributed by atoms with Gasteiger partial charge in [-0.15, -0.1) is 0 Å². The lowest BCUT2D eigenvalue weighted by atomic mass is 10.0. The quantitative estimate of drug-likeness (QED) is 0.708. The second-order valence-electron chi connectivity index (χ2n) is 9.31. The zero-order valence-electron chi connectivity index (χ0n) is 18.6. The first-order chi connectivity index (χ1) is 15.0. The van der Waals surface area contributed by atoms with Crippen LogP contribution in [0.25, 0.3) is 0 Å². The van der Waals surface area contributed by atoms with E-state index in [0.717, 1.165) is 10.6 Å². The van der Waals surface area contributed by atoms with E-state index in [1.54, 1.807) is 23.1 Å². The van der Waals surface area contributed by atoms with Gasteiger partial charge in [0.2, 0.25) is 5.91 Å². The Labute approximate surface area is 187 Å². The first kappa shape index (κ1) is 21.9. The number of rotatable bonds is 2. The van der Waals surface area contributed by atoms with E-state index in [1.165, 1.54) is 0 Å². The van der Waals surface area contributed by atoms with Crippen molar-refractivity contribution >= 4 is 29.5 Å². The topological polar surface area (TPSA) is 99.3 Å². The molecule has 3 aliphatic rings. The normalized spacial score (nSPS) is 21.6. The van der Waals surface area contributed by atoms with Crippen molar-refractivity contribution < 1.29 is 23.9 Å². The average Bonchev–Trinajstić information content (AvgIpc) is 2.97. The molecule has 1 N–H and O–H groups in total. The number of piperazine rings is 1. The van der Waals surface area contributed by atoms with Crippen LogP contribution < -0.4 is 10.2 Å². The standard InChI is InChI=1S/C23H28N4O5/c1-14-5-8-18(19(28)24-14)27-20(29)16-7-6-15(13-17(16)21(27)30)25-9-11-26(12-10-25)22(31)32-23(2,3)4/h6-7,13,18H,1,5,8-12H2,2-4H3,(H,24,28). The Kier molecular flexibility index (Phi) is 5.44. The second kappa shape index (κ2) is 7.96. The van der Waals surface area contributed by atoms with Crippen molar-refractivity contribution in [3.63, 3.8) is 0 Å². The number of nitrogens with zero attached hydrogens (tertiary/aromatic N) is 3. The number of hydrogen-bond acceptors (Lipinski definition) is 6. The fraction of sp³-hybridized carbons (Fsp3) is 0.478. The maximum absolute atomic E-state index is 13.1. The summed E-state index contributed by atoms with van der Waals surface area (Å²) in [6.45, 7) is 11.4. The molecule has 2 fully saturated rings. The number of ether oxygens (including phenoxy) is 1. The molecule has 9 heteroatoms. The van der Waals surface area contributed by atoms with Gasteiger partial charge in [-0.25, -0.2) is 4.79 Å². The lowest BCUT2D eigenvalue weighted by molar-refractivity contribution is -0.125. The summed E-state index contributed by atoms with van der Waals surface area (Å²) in [6.07, 6.45) is 0.558. The summed E-state index contributed by atoms with van der Waals surface area (Å²) >= 11 is 0. The maximum atomic E-state index is 13.1. The van der Waals surface area contributed by atoms with E-state index in [9.17, 15) is 19.2 Å². The molecule has 0 bridgehead atoms. The molecule has 0 aliphatic carbocycles. The molecule has 0 aromatic heterocycles. The minimum atomic E-state index is -0.825. The van der Waals surface area contributed by atoms with Crippen molar-refractivity contribution in [2.45, 2.75) is 45.3 Å². The third-order valence-corrected chi connectivity index (χ3v) is 5.83. The first-order valence-corrected chi connectivity index (χ1v) is 10.8. The predicted octanol–water partition coefficient (Wildman–Crippen LogP) is 2.13. The summed E-state index contributed by atoms with van der Waals surface area (Å²) in [4.78, 5) is 55.4. The van der Waals surface area contributed by atoms with Crippen LogP contribution >= 0.6 is 0 Å². The molecule has 0 saturated carbocycles. The molecule has 32 heavy (non-hydrogen) atoms. The van der Waals surface area contributed by atoms with E-state index in [4.69, 9.17) is 4.74 Å². The van der Waals surface area contributed by atoms with E-state index < -0.39 is 23.5 Å². The third-order valence-electron chi connectivity index (χ3n) is 5.83. The van der Waals surface area contributed by atoms with Gasteiger partial charge in [-0.2, -0.15) is 0 Å². The molecule has 1 unspecified atom stereocenters. The summed E-state index contributed by atoms with van der Waals surface area (Å²) in [7, 11) is 0. The molecule has 2 saturated heterocycles. The predicted molar refractivity (Wildman–Crippen MR) is 117 cm³/mol. The number of imide groups is 1. The molecule has 170 valence electrons. The molecule has 4 rings (SSSR count). The third kappa shape index (κ3) is 4.06. The van der Waals surface area contributed by atoms with Gasteiger partial charge in [0.15, 0.2) is 0 Å². The van der Waals surface area contributed by atoms with Gasteiger partial charge in [-0.3, -0.25) is 19.3 Å². The second-order valence-corrected chi connectivity index (χ2v) is 9.31. The molecular formula is C23H28N4O5. The van der Waals surface area contributed by atoms with E-state index in [0.29, 0.717) is 55.8 Å². The number of piperidine rings is 1. The number of carbonyl (C=O) groups excluding carboxylic acids is 4. The van der Waals surface area contributed by atoms with Crippen molar-refractivity contribution in [1.29, 1.82) is 0 Å². The van der Waals surface area contributed by atoms with Crippen molar-refractivity contribution in [1.82, 2.24) is 15.1 Å². The molecule has 0 spiro atoms. The van der Waals surface area contributed by atoms with Gasteiger partial charge in [0.05, 0.1) is 11.1 Å². The highest BCUT2D eigenvalue weighted by molar-refractivity contribution is 6.23. The summed E-state index contributed by atoms with van der Waals surface area (Å²) in [5.41, 5.74) is 1.46. The highest BCUT2D eigenvalue weighted by Gasteiger charge is 2.44. The van der Waals surface area contributed by atoms with Crippen LogP contribution in [0, 0.1) is 0 Å². The highest BCUT2D eigenvalue weighted by atomic mass is 16.6. The minimum Gasteiger partial charge on any atom is -0.444 e. The van der Waals surface area contributed by atoms with Gasteiger partial charge in [0.1, 0.15) is 11.6 Å². The summed E-state index contributed by atoms with van der Waals surface area (Å²) < 4.78 is 5.43. The van der Waals surface area contributed by atoms with Crippen LogP contribution in [-0.4, -0.2) is 71.4 Å². The van der Waals surface area contributed by atoms with Crippen molar-refractivity contribution in [3.8, 4) is 0 Å². The first-order valence-electron chi connectivity index (χ1n) is 10.8. The Morgan fingerprint density at radius 1 is 1.06 bits per heavy atom. The molecule has 4 amide bonds. The van der Waals surface area contributed by atoms with Crippen LogP contribution in [-0.2, 0) is 9.53 Å². The number of hydrogen-bond donors (Lipinski definition) is 1. The van der Waals surface area contributed by atoms with E-state index in [2.05, 4.69) is 16.8 Å². The van der Waals surface area contributed by atoms with Gasteiger partial charge < -0.3 is 19.9 Å². The van der Waals surface area contributed by atoms with Crippen molar-refractivity contribution in [2.75, 3.05) is 31.1 Å². The van der Waals surface area contributed by atoms with Gasteiger partial charge in [-0.05, 0) is 51.8 Å². The van der Waals surface area contributed by atoms with E-state index in [-0.39, 0.29) is 12.0 Å². The number of carbonyl (C=O) groups is 4. The molecule has 0 radical (unpaired) electrons. The zero-order chi connectivity index (χ0) is 23.2. The number of amides is 4. The molecule has 1 aromatic carbocycles. The number of nitrogens with one attached hydrogen (secondary N) is 1. The number of benzene rings is 1. The van der Waals surface area contributed by atoms with Crippen LogP contribution in [0.3, 0.4) is 0 Å². The van der Waals surface area contributed by atoms with Gasteiger partial charge >= 0.3 is 6.09 Å². The largest absolute Gasteiger partial charge is 0.444 e. The molecule has 3 heterocycles. The zero-order valence-corrected chi connectivity index (χ0v) is 18.6. The van der Waals surface area contributed by atoms with Crippen LogP contribution in [0.15, 0.2) is 30.5 Å². The number of allylic oxidation sites excluding steroid dienone is 1. The summed E-state index contributed by atoms with van der Waals surface area (Å²) in [5.74, 6) is -1.28. The van der Waals surface area contributed by atoms with Crippen LogP contribution in [0.1, 0.15) is 54.3 Å². The van der Waals surface area contributed by atoms with E-state index >= 15 is 0 Å². The van der Waals surface area contributed by atoms with Crippen LogP contribution in [0.4, 0.5) is 10.5 Å². The number of fused-ring (bicyclic) bond motifs is 1. The SMILES string of the molecule is C=C1CCC(N2C(=O)c3ccc(N4CCN(C(=O)OC(C)(C)C)CC4)cc3C2=O)C(=O)N1. The van der Waals surface area contributed by atoms with Crippen LogP contribution in [0.2, 0.25) is 0 Å². The molecule has 3 aliphatic heterocycles. The molecule has 1 atom stereocenters. The smallest absolute Gasteiger partial charge is 0.410 e. The van der Waals surface area contributed by atoms with Gasteiger partial charge in [0, 0.05) is 37.6 Å². The molecular weight excluding hydrogens is 412 g/mol. The van der Waals surface area contributed by atoms with E-state index in [1.807, 2.05) is 20.8 Å².